The van der Waals surface area contributed by atoms with Crippen LogP contribution < -0.4 is 10.4 Å². The zero-order valence-electron chi connectivity index (χ0n) is 12.1. The first-order valence-corrected chi connectivity index (χ1v) is 7.22. The second kappa shape index (κ2) is 6.04. The number of benzene rings is 2. The van der Waals surface area contributed by atoms with Crippen molar-refractivity contribution in [1.82, 2.24) is 5.43 Å². The first-order valence-electron chi connectivity index (χ1n) is 7.22. The summed E-state index contributed by atoms with van der Waals surface area (Å²) in [6, 6.07) is 15.1. The Morgan fingerprint density at radius 1 is 0.957 bits per heavy atom. The highest BCUT2D eigenvalue weighted by molar-refractivity contribution is 5.97. The Morgan fingerprint density at radius 3 is 2.09 bits per heavy atom. The zero-order chi connectivity index (χ0) is 16.4. The van der Waals surface area contributed by atoms with Gasteiger partial charge in [-0.15, -0.1) is 0 Å². The van der Waals surface area contributed by atoms with Crippen molar-refractivity contribution < 1.29 is 18.0 Å². The molecule has 0 unspecified atom stereocenters. The smallest absolute Gasteiger partial charge is 0.273 e. The summed E-state index contributed by atoms with van der Waals surface area (Å²) in [7, 11) is 0. The SMILES string of the molecule is O=C1[C@@H](Cc2ccccc2)[C@H](C(F)(F)F)NN1c1ccccc1. The third-order valence-corrected chi connectivity index (χ3v) is 3.87. The average Bonchev–Trinajstić information content (AvgIpc) is 2.86. The lowest BCUT2D eigenvalue weighted by Gasteiger charge is -2.20. The molecular weight excluding hydrogens is 305 g/mol. The summed E-state index contributed by atoms with van der Waals surface area (Å²) >= 11 is 0. The summed E-state index contributed by atoms with van der Waals surface area (Å²) in [5.41, 5.74) is 3.44. The number of nitrogens with one attached hydrogen (secondary N) is 1. The van der Waals surface area contributed by atoms with Crippen molar-refractivity contribution in [1.29, 1.82) is 0 Å². The predicted molar refractivity (Wildman–Crippen MR) is 80.5 cm³/mol. The van der Waals surface area contributed by atoms with Crippen molar-refractivity contribution >= 4 is 11.6 Å². The number of hydrogen-bond acceptors (Lipinski definition) is 2. The van der Waals surface area contributed by atoms with Crippen LogP contribution in [0.2, 0.25) is 0 Å². The molecule has 0 spiro atoms. The van der Waals surface area contributed by atoms with Crippen molar-refractivity contribution in [2.75, 3.05) is 5.01 Å². The van der Waals surface area contributed by atoms with E-state index in [1.165, 1.54) is 0 Å². The van der Waals surface area contributed by atoms with Gasteiger partial charge in [0.05, 0.1) is 11.6 Å². The fraction of sp³-hybridized carbons (Fsp3) is 0.235. The van der Waals surface area contributed by atoms with Gasteiger partial charge in [0.1, 0.15) is 6.04 Å². The second-order valence-electron chi connectivity index (χ2n) is 5.45. The summed E-state index contributed by atoms with van der Waals surface area (Å²) in [4.78, 5) is 12.5. The molecule has 1 aliphatic heterocycles. The van der Waals surface area contributed by atoms with Crippen molar-refractivity contribution in [3.05, 3.63) is 66.2 Å². The van der Waals surface area contributed by atoms with Gasteiger partial charge in [0, 0.05) is 0 Å². The Balaban J connectivity index is 1.90. The molecule has 2 aromatic rings. The van der Waals surface area contributed by atoms with Crippen molar-refractivity contribution in [2.45, 2.75) is 18.6 Å². The molecule has 1 aliphatic rings. The molecular formula is C17H15F3N2O. The maximum Gasteiger partial charge on any atom is 0.406 e. The van der Waals surface area contributed by atoms with E-state index in [1.54, 1.807) is 60.7 Å². The van der Waals surface area contributed by atoms with Gasteiger partial charge in [-0.05, 0) is 24.1 Å². The number of hydrogen-bond donors (Lipinski definition) is 1. The minimum absolute atomic E-state index is 0.0418. The molecule has 3 rings (SSSR count). The molecule has 6 heteroatoms. The fourth-order valence-corrected chi connectivity index (χ4v) is 2.75. The van der Waals surface area contributed by atoms with E-state index in [9.17, 15) is 18.0 Å². The van der Waals surface area contributed by atoms with E-state index in [4.69, 9.17) is 0 Å². The van der Waals surface area contributed by atoms with Crippen LogP contribution in [0.1, 0.15) is 5.56 Å². The van der Waals surface area contributed by atoms with Crippen LogP contribution in [0.15, 0.2) is 60.7 Å². The number of alkyl halides is 3. The van der Waals surface area contributed by atoms with Gasteiger partial charge < -0.3 is 0 Å². The minimum Gasteiger partial charge on any atom is -0.273 e. The van der Waals surface area contributed by atoms with E-state index in [-0.39, 0.29) is 6.42 Å². The molecule has 23 heavy (non-hydrogen) atoms. The van der Waals surface area contributed by atoms with Crippen LogP contribution in [0.5, 0.6) is 0 Å². The van der Waals surface area contributed by atoms with Gasteiger partial charge in [-0.25, -0.2) is 10.4 Å². The number of anilines is 1. The highest BCUT2D eigenvalue weighted by Crippen LogP contribution is 2.34. The van der Waals surface area contributed by atoms with E-state index in [2.05, 4.69) is 5.43 Å². The summed E-state index contributed by atoms with van der Waals surface area (Å²) in [5.74, 6) is -1.75. The standard InChI is InChI=1S/C17H15F3N2O/c18-17(19,20)15-14(11-12-7-3-1-4-8-12)16(23)22(21-15)13-9-5-2-6-10-13/h1-10,14-15,21H,11H2/t14-,15+/m0/s1. The highest BCUT2D eigenvalue weighted by Gasteiger charge is 2.54. The third-order valence-electron chi connectivity index (χ3n) is 3.87. The number of carbonyl (C=O) groups excluding carboxylic acids is 1. The normalized spacial score (nSPS) is 21.7. The van der Waals surface area contributed by atoms with Gasteiger partial charge in [0.2, 0.25) is 5.91 Å². The molecule has 0 radical (unpaired) electrons. The van der Waals surface area contributed by atoms with Crippen molar-refractivity contribution in [3.8, 4) is 0 Å². The lowest BCUT2D eigenvalue weighted by atomic mass is 9.92. The third kappa shape index (κ3) is 3.22. The molecule has 1 N–H and O–H groups in total. The molecule has 0 aromatic heterocycles. The summed E-state index contributed by atoms with van der Waals surface area (Å²) in [6.07, 6.45) is -4.46. The van der Waals surface area contributed by atoms with Crippen LogP contribution in [0.4, 0.5) is 18.9 Å². The molecule has 3 nitrogen and oxygen atoms in total. The number of carbonyl (C=O) groups is 1. The fourth-order valence-electron chi connectivity index (χ4n) is 2.75. The molecule has 0 aliphatic carbocycles. The summed E-state index contributed by atoms with van der Waals surface area (Å²) in [6.45, 7) is 0. The monoisotopic (exact) mass is 320 g/mol. The van der Waals surface area contributed by atoms with E-state index in [0.717, 1.165) is 5.01 Å². The first kappa shape index (κ1) is 15.6. The Morgan fingerprint density at radius 2 is 1.52 bits per heavy atom. The Labute approximate surface area is 131 Å². The number of para-hydroxylation sites is 1. The number of amides is 1. The number of hydrazine groups is 1. The topological polar surface area (TPSA) is 32.3 Å². The van der Waals surface area contributed by atoms with Crippen molar-refractivity contribution in [2.24, 2.45) is 5.92 Å². The van der Waals surface area contributed by atoms with E-state index in [0.29, 0.717) is 11.3 Å². The predicted octanol–water partition coefficient (Wildman–Crippen LogP) is 3.33. The van der Waals surface area contributed by atoms with Crippen LogP contribution >= 0.6 is 0 Å². The average molecular weight is 320 g/mol. The first-order chi connectivity index (χ1) is 11.0. The lowest BCUT2D eigenvalue weighted by Crippen LogP contribution is -2.45. The lowest BCUT2D eigenvalue weighted by molar-refractivity contribution is -0.163. The van der Waals surface area contributed by atoms with Gasteiger partial charge in [-0.3, -0.25) is 4.79 Å². The van der Waals surface area contributed by atoms with Crippen LogP contribution in [0.3, 0.4) is 0 Å². The molecule has 1 amide bonds. The Kier molecular flexibility index (Phi) is 4.09. The second-order valence-corrected chi connectivity index (χ2v) is 5.45. The maximum absolute atomic E-state index is 13.3. The number of rotatable bonds is 3. The van der Waals surface area contributed by atoms with Gasteiger partial charge in [-0.2, -0.15) is 13.2 Å². The van der Waals surface area contributed by atoms with E-state index < -0.39 is 24.0 Å². The molecule has 1 saturated heterocycles. The van der Waals surface area contributed by atoms with Crippen molar-refractivity contribution in [3.63, 3.8) is 0 Å². The van der Waals surface area contributed by atoms with Crippen LogP contribution in [0, 0.1) is 5.92 Å². The molecule has 0 saturated carbocycles. The van der Waals surface area contributed by atoms with E-state index >= 15 is 0 Å². The molecule has 2 aromatic carbocycles. The zero-order valence-corrected chi connectivity index (χ0v) is 12.1. The largest absolute Gasteiger partial charge is 0.406 e. The Hall–Kier alpha value is -2.34. The number of nitrogens with zero attached hydrogens (tertiary/aromatic N) is 1. The van der Waals surface area contributed by atoms with Gasteiger partial charge in [0.15, 0.2) is 0 Å². The molecule has 0 bridgehead atoms. The van der Waals surface area contributed by atoms with Gasteiger partial charge in [-0.1, -0.05) is 48.5 Å². The van der Waals surface area contributed by atoms with Gasteiger partial charge in [0.25, 0.3) is 0 Å². The number of halogens is 3. The van der Waals surface area contributed by atoms with Crippen LogP contribution in [-0.2, 0) is 11.2 Å². The summed E-state index contributed by atoms with van der Waals surface area (Å²) in [5, 5.41) is 1.01. The molecule has 1 heterocycles. The summed E-state index contributed by atoms with van der Waals surface area (Å²) < 4.78 is 40.0. The molecule has 1 fully saturated rings. The molecule has 2 atom stereocenters. The van der Waals surface area contributed by atoms with Crippen LogP contribution in [-0.4, -0.2) is 18.1 Å². The minimum atomic E-state index is -4.50. The highest BCUT2D eigenvalue weighted by atomic mass is 19.4. The maximum atomic E-state index is 13.3. The Bertz CT molecular complexity index is 673. The van der Waals surface area contributed by atoms with E-state index in [1.807, 2.05) is 0 Å². The van der Waals surface area contributed by atoms with Gasteiger partial charge >= 0.3 is 6.18 Å². The quantitative estimate of drug-likeness (QED) is 0.941. The van der Waals surface area contributed by atoms with Crippen LogP contribution in [0.25, 0.3) is 0 Å². The molecule has 120 valence electrons.